The maximum absolute atomic E-state index is 13.3. The molecular weight excluding hydrogens is 331 g/mol. The molecule has 2 aromatic rings. The van der Waals surface area contributed by atoms with Crippen molar-refractivity contribution in [3.05, 3.63) is 40.7 Å². The van der Waals surface area contributed by atoms with Crippen molar-refractivity contribution in [2.75, 3.05) is 11.9 Å². The molecule has 1 aliphatic rings. The van der Waals surface area contributed by atoms with Gasteiger partial charge in [-0.1, -0.05) is 24.3 Å². The van der Waals surface area contributed by atoms with Crippen LogP contribution in [0.1, 0.15) is 35.1 Å². The van der Waals surface area contributed by atoms with E-state index in [1.807, 2.05) is 6.92 Å². The standard InChI is InChI=1S/C16H17FN4O2S/c1-2-13-19-20-16(24-13)18-14(22)12-7-4-8-21(12)15(23)10-5-3-6-11(17)9-10/h3,5-6,9,12H,2,4,7-8H2,1H3,(H,18,20,22)/t12-/m0/s1. The first-order valence-electron chi connectivity index (χ1n) is 7.78. The number of hydrogen-bond acceptors (Lipinski definition) is 5. The molecule has 0 radical (unpaired) electrons. The zero-order valence-electron chi connectivity index (χ0n) is 13.2. The summed E-state index contributed by atoms with van der Waals surface area (Å²) < 4.78 is 13.3. The van der Waals surface area contributed by atoms with Crippen molar-refractivity contribution in [2.24, 2.45) is 0 Å². The Kier molecular flexibility index (Phi) is 4.84. The summed E-state index contributed by atoms with van der Waals surface area (Å²) in [7, 11) is 0. The second-order valence-electron chi connectivity index (χ2n) is 5.51. The number of aryl methyl sites for hydroxylation is 1. The van der Waals surface area contributed by atoms with E-state index in [0.29, 0.717) is 18.1 Å². The molecule has 2 amide bonds. The van der Waals surface area contributed by atoms with Crippen LogP contribution in [0.25, 0.3) is 0 Å². The second kappa shape index (κ2) is 7.04. The van der Waals surface area contributed by atoms with Gasteiger partial charge in [0.15, 0.2) is 0 Å². The van der Waals surface area contributed by atoms with Crippen LogP contribution >= 0.6 is 11.3 Å². The van der Waals surface area contributed by atoms with Gasteiger partial charge in [0.1, 0.15) is 16.9 Å². The molecule has 3 rings (SSSR count). The molecule has 8 heteroatoms. The maximum Gasteiger partial charge on any atom is 0.254 e. The van der Waals surface area contributed by atoms with E-state index in [-0.39, 0.29) is 17.4 Å². The van der Waals surface area contributed by atoms with Crippen molar-refractivity contribution < 1.29 is 14.0 Å². The molecule has 1 aromatic heterocycles. The summed E-state index contributed by atoms with van der Waals surface area (Å²) in [6.07, 6.45) is 2.06. The minimum Gasteiger partial charge on any atom is -0.327 e. The predicted molar refractivity (Wildman–Crippen MR) is 88.4 cm³/mol. The highest BCUT2D eigenvalue weighted by Gasteiger charge is 2.35. The van der Waals surface area contributed by atoms with Gasteiger partial charge in [0, 0.05) is 12.1 Å². The van der Waals surface area contributed by atoms with Gasteiger partial charge in [-0.3, -0.25) is 14.9 Å². The smallest absolute Gasteiger partial charge is 0.254 e. The van der Waals surface area contributed by atoms with Gasteiger partial charge >= 0.3 is 0 Å². The largest absolute Gasteiger partial charge is 0.327 e. The summed E-state index contributed by atoms with van der Waals surface area (Å²) in [5.74, 6) is -1.09. The number of anilines is 1. The van der Waals surface area contributed by atoms with Crippen LogP contribution in [0.15, 0.2) is 24.3 Å². The first-order valence-corrected chi connectivity index (χ1v) is 8.60. The molecule has 2 heterocycles. The Morgan fingerprint density at radius 2 is 2.25 bits per heavy atom. The van der Waals surface area contributed by atoms with Crippen LogP contribution in [0, 0.1) is 5.82 Å². The summed E-state index contributed by atoms with van der Waals surface area (Å²) >= 11 is 1.32. The zero-order chi connectivity index (χ0) is 17.1. The van der Waals surface area contributed by atoms with Crippen molar-refractivity contribution in [2.45, 2.75) is 32.2 Å². The van der Waals surface area contributed by atoms with Crippen LogP contribution in [0.2, 0.25) is 0 Å². The first-order chi connectivity index (χ1) is 11.6. The highest BCUT2D eigenvalue weighted by Crippen LogP contribution is 2.23. The normalized spacial score (nSPS) is 17.1. The lowest BCUT2D eigenvalue weighted by molar-refractivity contribution is -0.119. The van der Waals surface area contributed by atoms with E-state index in [1.165, 1.54) is 34.4 Å². The number of hydrogen-bond donors (Lipinski definition) is 1. The zero-order valence-corrected chi connectivity index (χ0v) is 14.0. The van der Waals surface area contributed by atoms with E-state index in [4.69, 9.17) is 0 Å². The minimum absolute atomic E-state index is 0.249. The van der Waals surface area contributed by atoms with Crippen LogP contribution in [-0.4, -0.2) is 39.5 Å². The topological polar surface area (TPSA) is 75.2 Å². The average Bonchev–Trinajstić information content (AvgIpc) is 3.23. The second-order valence-corrected chi connectivity index (χ2v) is 6.57. The van der Waals surface area contributed by atoms with Gasteiger partial charge in [0.2, 0.25) is 11.0 Å². The van der Waals surface area contributed by atoms with Gasteiger partial charge in [-0.15, -0.1) is 10.2 Å². The fourth-order valence-corrected chi connectivity index (χ4v) is 3.39. The molecule has 126 valence electrons. The van der Waals surface area contributed by atoms with Crippen LogP contribution < -0.4 is 5.32 Å². The molecule has 1 aliphatic heterocycles. The molecule has 6 nitrogen and oxygen atoms in total. The number of nitrogens with one attached hydrogen (secondary N) is 1. The van der Waals surface area contributed by atoms with E-state index < -0.39 is 11.9 Å². The van der Waals surface area contributed by atoms with Gasteiger partial charge in [0.25, 0.3) is 5.91 Å². The molecule has 24 heavy (non-hydrogen) atoms. The number of carbonyl (C=O) groups is 2. The molecule has 1 atom stereocenters. The molecule has 1 fully saturated rings. The van der Waals surface area contributed by atoms with E-state index >= 15 is 0 Å². The third kappa shape index (κ3) is 3.43. The van der Waals surface area contributed by atoms with Crippen molar-refractivity contribution in [1.29, 1.82) is 0 Å². The Labute approximate surface area is 142 Å². The van der Waals surface area contributed by atoms with Crippen LogP contribution in [-0.2, 0) is 11.2 Å². The Balaban J connectivity index is 1.72. The van der Waals surface area contributed by atoms with Crippen molar-refractivity contribution in [3.8, 4) is 0 Å². The van der Waals surface area contributed by atoms with E-state index in [1.54, 1.807) is 6.07 Å². The SMILES string of the molecule is CCc1nnc(NC(=O)[C@@H]2CCCN2C(=O)c2cccc(F)c2)s1. The molecule has 0 aliphatic carbocycles. The first kappa shape index (κ1) is 16.5. The number of halogens is 1. The van der Waals surface area contributed by atoms with Crippen molar-refractivity contribution in [1.82, 2.24) is 15.1 Å². The predicted octanol–water partition coefficient (Wildman–Crippen LogP) is 2.48. The van der Waals surface area contributed by atoms with Crippen LogP contribution in [0.3, 0.4) is 0 Å². The lowest BCUT2D eigenvalue weighted by Crippen LogP contribution is -2.43. The van der Waals surface area contributed by atoms with Crippen molar-refractivity contribution >= 4 is 28.3 Å². The van der Waals surface area contributed by atoms with Gasteiger partial charge in [-0.25, -0.2) is 4.39 Å². The fourth-order valence-electron chi connectivity index (χ4n) is 2.71. The van der Waals surface area contributed by atoms with Gasteiger partial charge < -0.3 is 4.90 Å². The van der Waals surface area contributed by atoms with Gasteiger partial charge in [-0.05, 0) is 37.5 Å². The molecular formula is C16H17FN4O2S. The Morgan fingerprint density at radius 1 is 1.42 bits per heavy atom. The molecule has 1 saturated heterocycles. The number of nitrogens with zero attached hydrogens (tertiary/aromatic N) is 3. The highest BCUT2D eigenvalue weighted by atomic mass is 32.1. The molecule has 0 unspecified atom stereocenters. The van der Waals surface area contributed by atoms with E-state index in [0.717, 1.165) is 17.8 Å². The highest BCUT2D eigenvalue weighted by molar-refractivity contribution is 7.15. The molecule has 1 aromatic carbocycles. The number of carbonyl (C=O) groups excluding carboxylic acids is 2. The van der Waals surface area contributed by atoms with Gasteiger partial charge in [-0.2, -0.15) is 0 Å². The number of amides is 2. The molecule has 0 saturated carbocycles. The summed E-state index contributed by atoms with van der Waals surface area (Å²) in [6, 6.07) is 4.94. The fraction of sp³-hybridized carbons (Fsp3) is 0.375. The van der Waals surface area contributed by atoms with Crippen molar-refractivity contribution in [3.63, 3.8) is 0 Å². The quantitative estimate of drug-likeness (QED) is 0.921. The number of rotatable bonds is 4. The average molecular weight is 348 g/mol. The summed E-state index contributed by atoms with van der Waals surface area (Å²) in [4.78, 5) is 26.5. The summed E-state index contributed by atoms with van der Waals surface area (Å²) in [6.45, 7) is 2.44. The van der Waals surface area contributed by atoms with Crippen LogP contribution in [0.5, 0.6) is 0 Å². The monoisotopic (exact) mass is 348 g/mol. The number of likely N-dealkylation sites (tertiary alicyclic amines) is 1. The summed E-state index contributed by atoms with van der Waals surface area (Å²) in [5, 5.41) is 11.9. The van der Waals surface area contributed by atoms with Crippen LogP contribution in [0.4, 0.5) is 9.52 Å². The molecule has 1 N–H and O–H groups in total. The van der Waals surface area contributed by atoms with E-state index in [2.05, 4.69) is 15.5 Å². The number of benzene rings is 1. The minimum atomic E-state index is -0.574. The van der Waals surface area contributed by atoms with Gasteiger partial charge in [0.05, 0.1) is 0 Å². The molecule has 0 bridgehead atoms. The summed E-state index contributed by atoms with van der Waals surface area (Å²) in [5.41, 5.74) is 0.249. The lowest BCUT2D eigenvalue weighted by Gasteiger charge is -2.23. The third-order valence-corrected chi connectivity index (χ3v) is 4.87. The Morgan fingerprint density at radius 3 is 2.96 bits per heavy atom. The maximum atomic E-state index is 13.3. The Hall–Kier alpha value is -2.35. The molecule has 0 spiro atoms. The number of aromatic nitrogens is 2. The third-order valence-electron chi connectivity index (χ3n) is 3.89. The van der Waals surface area contributed by atoms with E-state index in [9.17, 15) is 14.0 Å². The Bertz CT molecular complexity index is 764. The lowest BCUT2D eigenvalue weighted by atomic mass is 10.1.